The first kappa shape index (κ1) is 17.1. The van der Waals surface area contributed by atoms with Crippen molar-refractivity contribution in [3.05, 3.63) is 0 Å². The van der Waals surface area contributed by atoms with Gasteiger partial charge in [-0.15, -0.1) is 0 Å². The maximum absolute atomic E-state index is 12.4. The summed E-state index contributed by atoms with van der Waals surface area (Å²) in [7, 11) is 0. The third-order valence-corrected chi connectivity index (χ3v) is 9.42. The smallest absolute Gasteiger partial charge is 0.133 e. The van der Waals surface area contributed by atoms with Crippen molar-refractivity contribution in [2.75, 3.05) is 0 Å². The maximum atomic E-state index is 12.4. The van der Waals surface area contributed by atoms with Crippen molar-refractivity contribution in [2.45, 2.75) is 85.2 Å². The number of fused-ring (bicyclic) bond motifs is 5. The Morgan fingerprint density at radius 3 is 2.38 bits per heavy atom. The van der Waals surface area contributed by atoms with Gasteiger partial charge in [-0.1, -0.05) is 20.8 Å². The molecule has 2 nitrogen and oxygen atoms in total. The van der Waals surface area contributed by atoms with Crippen LogP contribution in [-0.2, 0) is 4.79 Å². The van der Waals surface area contributed by atoms with Crippen molar-refractivity contribution in [3.63, 3.8) is 0 Å². The van der Waals surface area contributed by atoms with Crippen LogP contribution in [0.2, 0.25) is 0 Å². The van der Waals surface area contributed by atoms with Gasteiger partial charge in [-0.2, -0.15) is 0 Å². The fourth-order valence-electron chi connectivity index (χ4n) is 8.46. The van der Waals surface area contributed by atoms with Crippen LogP contribution >= 0.6 is 0 Å². The lowest BCUT2D eigenvalue weighted by atomic mass is 9.44. The van der Waals surface area contributed by atoms with Crippen molar-refractivity contribution in [2.24, 2.45) is 46.3 Å². The molecule has 0 aromatic rings. The lowest BCUT2D eigenvalue weighted by Crippen LogP contribution is -2.54. The lowest BCUT2D eigenvalue weighted by Gasteiger charge is -2.60. The van der Waals surface area contributed by atoms with Crippen molar-refractivity contribution in [1.29, 1.82) is 0 Å². The van der Waals surface area contributed by atoms with E-state index in [0.29, 0.717) is 23.0 Å². The fraction of sp³-hybridized carbons (Fsp3) is 0.955. The van der Waals surface area contributed by atoms with Crippen LogP contribution in [0.5, 0.6) is 0 Å². The summed E-state index contributed by atoms with van der Waals surface area (Å²) in [6, 6.07) is 0. The number of rotatable bonds is 1. The fourth-order valence-corrected chi connectivity index (χ4v) is 8.46. The van der Waals surface area contributed by atoms with Crippen molar-refractivity contribution in [3.8, 4) is 0 Å². The molecule has 4 saturated carbocycles. The molecule has 9 atom stereocenters. The second-order valence-corrected chi connectivity index (χ2v) is 10.4. The molecular weight excluding hydrogens is 296 g/mol. The number of hydrogen-bond acceptors (Lipinski definition) is 2. The highest BCUT2D eigenvalue weighted by molar-refractivity contribution is 5.80. The topological polar surface area (TPSA) is 37.3 Å². The summed E-state index contributed by atoms with van der Waals surface area (Å²) < 4.78 is 0. The van der Waals surface area contributed by atoms with Crippen LogP contribution in [0.15, 0.2) is 0 Å². The van der Waals surface area contributed by atoms with Crippen LogP contribution in [0.1, 0.15) is 79.1 Å². The minimum Gasteiger partial charge on any atom is -0.393 e. The Bertz CT molecular complexity index is 528. The lowest BCUT2D eigenvalue weighted by molar-refractivity contribution is -0.139. The zero-order chi connectivity index (χ0) is 17.3. The van der Waals surface area contributed by atoms with Crippen molar-refractivity contribution in [1.82, 2.24) is 0 Å². The zero-order valence-corrected chi connectivity index (χ0v) is 16.1. The number of hydrogen-bond donors (Lipinski definition) is 1. The van der Waals surface area contributed by atoms with Gasteiger partial charge in [0, 0.05) is 5.92 Å². The van der Waals surface area contributed by atoms with Gasteiger partial charge in [0.1, 0.15) is 5.78 Å². The molecule has 0 aliphatic heterocycles. The molecule has 4 fully saturated rings. The molecular formula is C22H36O2. The van der Waals surface area contributed by atoms with Gasteiger partial charge in [-0.25, -0.2) is 0 Å². The molecule has 0 heterocycles. The third kappa shape index (κ3) is 2.20. The Morgan fingerprint density at radius 2 is 1.67 bits per heavy atom. The molecule has 0 spiro atoms. The Kier molecular flexibility index (Phi) is 3.95. The summed E-state index contributed by atoms with van der Waals surface area (Å²) in [5, 5.41) is 10.1. The van der Waals surface area contributed by atoms with Gasteiger partial charge >= 0.3 is 0 Å². The van der Waals surface area contributed by atoms with E-state index in [1.165, 1.54) is 38.5 Å². The molecule has 136 valence electrons. The van der Waals surface area contributed by atoms with Gasteiger partial charge in [0.25, 0.3) is 0 Å². The van der Waals surface area contributed by atoms with E-state index >= 15 is 0 Å². The summed E-state index contributed by atoms with van der Waals surface area (Å²) in [6.07, 6.45) is 9.69. The Labute approximate surface area is 147 Å². The van der Waals surface area contributed by atoms with E-state index in [2.05, 4.69) is 20.8 Å². The first-order valence-corrected chi connectivity index (χ1v) is 10.5. The third-order valence-electron chi connectivity index (χ3n) is 9.42. The van der Waals surface area contributed by atoms with Gasteiger partial charge in [0.05, 0.1) is 6.10 Å². The molecule has 0 aromatic heterocycles. The molecule has 1 N–H and O–H groups in total. The molecule has 0 amide bonds. The second kappa shape index (κ2) is 5.56. The van der Waals surface area contributed by atoms with E-state index in [1.54, 1.807) is 0 Å². The highest BCUT2D eigenvalue weighted by Gasteiger charge is 2.62. The molecule has 24 heavy (non-hydrogen) atoms. The number of aliphatic hydroxyl groups excluding tert-OH is 1. The summed E-state index contributed by atoms with van der Waals surface area (Å²) in [6.45, 7) is 9.16. The standard InChI is InChI=1S/C22H36O2/c1-13-11-19-17-6-5-15-12-16(24)7-9-21(15,3)18(17)8-10-22(19,4)20(13)14(2)23/h13,15-20,24H,5-12H2,1-4H3/t13?,15-,16?,17?,18?,19?,20?,21?,22?/m0/s1. The monoisotopic (exact) mass is 332 g/mol. The maximum Gasteiger partial charge on any atom is 0.133 e. The number of Topliss-reactive ketones (excluding diaryl/α,β-unsaturated/α-hetero) is 1. The number of carbonyl (C=O) groups is 1. The summed E-state index contributed by atoms with van der Waals surface area (Å²) in [5.41, 5.74) is 0.699. The minimum atomic E-state index is -0.0536. The molecule has 0 radical (unpaired) electrons. The Balaban J connectivity index is 1.64. The molecule has 4 aliphatic rings. The first-order chi connectivity index (χ1) is 11.3. The molecule has 0 bridgehead atoms. The van der Waals surface area contributed by atoms with E-state index in [4.69, 9.17) is 0 Å². The van der Waals surface area contributed by atoms with Gasteiger partial charge in [0.2, 0.25) is 0 Å². The van der Waals surface area contributed by atoms with Gasteiger partial charge in [-0.3, -0.25) is 4.79 Å². The Morgan fingerprint density at radius 1 is 0.958 bits per heavy atom. The zero-order valence-electron chi connectivity index (χ0n) is 16.1. The minimum absolute atomic E-state index is 0.0536. The van der Waals surface area contributed by atoms with Crippen molar-refractivity contribution >= 4 is 5.78 Å². The van der Waals surface area contributed by atoms with Crippen LogP contribution in [0.4, 0.5) is 0 Å². The number of aliphatic hydroxyl groups is 1. The van der Waals surface area contributed by atoms with E-state index in [9.17, 15) is 9.90 Å². The van der Waals surface area contributed by atoms with E-state index < -0.39 is 0 Å². The molecule has 2 heteroatoms. The molecule has 4 rings (SSSR count). The predicted molar refractivity (Wildman–Crippen MR) is 96.5 cm³/mol. The SMILES string of the molecule is CC(=O)C1C(C)CC2C3CC[C@H]4CC(O)CCC4(C)C3CCC21C. The number of ketones is 1. The predicted octanol–water partition coefficient (Wildman–Crippen LogP) is 4.84. The molecule has 8 unspecified atom stereocenters. The van der Waals surface area contributed by atoms with Crippen LogP contribution in [0.25, 0.3) is 0 Å². The average molecular weight is 333 g/mol. The highest BCUT2D eigenvalue weighted by atomic mass is 16.3. The normalized spacial score (nSPS) is 57.0. The van der Waals surface area contributed by atoms with Gasteiger partial charge in [-0.05, 0) is 98.7 Å². The quantitative estimate of drug-likeness (QED) is 0.746. The Hall–Kier alpha value is -0.370. The van der Waals surface area contributed by atoms with E-state index in [1.807, 2.05) is 6.92 Å². The summed E-state index contributed by atoms with van der Waals surface area (Å²) >= 11 is 0. The van der Waals surface area contributed by atoms with Crippen LogP contribution in [0, 0.1) is 46.3 Å². The molecule has 4 aliphatic carbocycles. The van der Waals surface area contributed by atoms with E-state index in [-0.39, 0.29) is 11.5 Å². The number of carbonyl (C=O) groups excluding carboxylic acids is 1. The van der Waals surface area contributed by atoms with Gasteiger partial charge < -0.3 is 5.11 Å². The summed E-state index contributed by atoms with van der Waals surface area (Å²) in [5.74, 6) is 4.44. The molecule has 0 aromatic carbocycles. The first-order valence-electron chi connectivity index (χ1n) is 10.5. The second-order valence-electron chi connectivity index (χ2n) is 10.4. The van der Waals surface area contributed by atoms with Crippen LogP contribution in [-0.4, -0.2) is 17.0 Å². The van der Waals surface area contributed by atoms with Crippen LogP contribution in [0.3, 0.4) is 0 Å². The average Bonchev–Trinajstić information content (AvgIpc) is 2.78. The summed E-state index contributed by atoms with van der Waals surface area (Å²) in [4.78, 5) is 12.4. The van der Waals surface area contributed by atoms with Gasteiger partial charge in [0.15, 0.2) is 0 Å². The largest absolute Gasteiger partial charge is 0.393 e. The van der Waals surface area contributed by atoms with Crippen molar-refractivity contribution < 1.29 is 9.90 Å². The van der Waals surface area contributed by atoms with Crippen LogP contribution < -0.4 is 0 Å². The van der Waals surface area contributed by atoms with E-state index in [0.717, 1.165) is 36.5 Å². The molecule has 0 saturated heterocycles. The highest BCUT2D eigenvalue weighted by Crippen LogP contribution is 2.68.